The van der Waals surface area contributed by atoms with Crippen LogP contribution in [0, 0.1) is 6.92 Å². The molecular formula is C8H7BrN2O2S. The molecule has 4 nitrogen and oxygen atoms in total. The molecule has 1 aliphatic heterocycles. The molecule has 2 heterocycles. The van der Waals surface area contributed by atoms with Crippen LogP contribution in [0.15, 0.2) is 15.5 Å². The molecule has 1 unspecified atom stereocenters. The smallest absolute Gasteiger partial charge is 0.431 e. The molecule has 0 fully saturated rings. The van der Waals surface area contributed by atoms with Crippen molar-refractivity contribution in [3.8, 4) is 0 Å². The molecule has 0 saturated carbocycles. The fourth-order valence-corrected chi connectivity index (χ4v) is 2.77. The highest BCUT2D eigenvalue weighted by Crippen LogP contribution is 2.34. The normalized spacial score (nSPS) is 20.9. The molecule has 74 valence electrons. The summed E-state index contributed by atoms with van der Waals surface area (Å²) in [5.74, 6) is 0.226. The number of hydrogen-bond acceptors (Lipinski definition) is 4. The fraction of sp³-hybridized carbons (Fsp3) is 0.250. The maximum atomic E-state index is 10.8. The maximum Gasteiger partial charge on any atom is 0.436 e. The highest BCUT2D eigenvalue weighted by molar-refractivity contribution is 9.10. The van der Waals surface area contributed by atoms with Crippen molar-refractivity contribution in [1.82, 2.24) is 0 Å². The van der Waals surface area contributed by atoms with Crippen LogP contribution in [0.25, 0.3) is 0 Å². The van der Waals surface area contributed by atoms with Gasteiger partial charge in [0.05, 0.1) is 4.88 Å². The van der Waals surface area contributed by atoms with E-state index in [9.17, 15) is 4.79 Å². The molecule has 2 N–H and O–H groups in total. The summed E-state index contributed by atoms with van der Waals surface area (Å²) in [5.41, 5.74) is 5.56. The van der Waals surface area contributed by atoms with Crippen molar-refractivity contribution in [2.45, 2.75) is 13.0 Å². The van der Waals surface area contributed by atoms with E-state index >= 15 is 0 Å². The summed E-state index contributed by atoms with van der Waals surface area (Å²) in [5, 5.41) is 0. The summed E-state index contributed by atoms with van der Waals surface area (Å²) in [6.45, 7) is 1.97. The van der Waals surface area contributed by atoms with Gasteiger partial charge in [-0.3, -0.25) is 0 Å². The zero-order valence-corrected chi connectivity index (χ0v) is 9.68. The first-order valence-corrected chi connectivity index (χ1v) is 5.49. The van der Waals surface area contributed by atoms with Gasteiger partial charge in [-0.1, -0.05) is 0 Å². The van der Waals surface area contributed by atoms with Gasteiger partial charge < -0.3 is 10.5 Å². The monoisotopic (exact) mass is 274 g/mol. The Bertz CT molecular complexity index is 407. The fourth-order valence-electron chi connectivity index (χ4n) is 1.17. The Morgan fingerprint density at radius 3 is 2.86 bits per heavy atom. The van der Waals surface area contributed by atoms with Gasteiger partial charge in [-0.25, -0.2) is 4.79 Å². The summed E-state index contributed by atoms with van der Waals surface area (Å²) in [6.07, 6.45) is -1.12. The van der Waals surface area contributed by atoms with Gasteiger partial charge in [0.25, 0.3) is 0 Å². The van der Waals surface area contributed by atoms with Crippen molar-refractivity contribution in [3.05, 3.63) is 20.3 Å². The van der Waals surface area contributed by atoms with Gasteiger partial charge in [0.15, 0.2) is 11.9 Å². The summed E-state index contributed by atoms with van der Waals surface area (Å²) in [4.78, 5) is 16.4. The molecule has 0 aliphatic carbocycles. The minimum Gasteiger partial charge on any atom is -0.431 e. The second-order valence-corrected chi connectivity index (χ2v) is 5.00. The molecule has 0 radical (unpaired) electrons. The number of amidine groups is 1. The summed E-state index contributed by atoms with van der Waals surface area (Å²) < 4.78 is 5.94. The van der Waals surface area contributed by atoms with E-state index in [-0.39, 0.29) is 5.84 Å². The molecule has 1 aromatic rings. The number of aryl methyl sites for hydroxylation is 1. The van der Waals surface area contributed by atoms with Crippen LogP contribution >= 0.6 is 27.3 Å². The van der Waals surface area contributed by atoms with E-state index in [1.54, 1.807) is 0 Å². The van der Waals surface area contributed by atoms with Crippen LogP contribution < -0.4 is 5.73 Å². The van der Waals surface area contributed by atoms with Gasteiger partial charge >= 0.3 is 6.09 Å². The average molecular weight is 275 g/mol. The Morgan fingerprint density at radius 1 is 1.71 bits per heavy atom. The SMILES string of the molecule is Cc1sc(C2OC(=O)N=C2N)cc1Br. The molecule has 6 heteroatoms. The number of amides is 1. The quantitative estimate of drug-likeness (QED) is 0.855. The van der Waals surface area contributed by atoms with Crippen LogP contribution in [-0.2, 0) is 4.74 Å². The number of halogens is 1. The van der Waals surface area contributed by atoms with E-state index in [4.69, 9.17) is 10.5 Å². The number of rotatable bonds is 1. The highest BCUT2D eigenvalue weighted by atomic mass is 79.9. The lowest BCUT2D eigenvalue weighted by Crippen LogP contribution is -2.17. The zero-order chi connectivity index (χ0) is 10.3. The second kappa shape index (κ2) is 3.36. The summed E-state index contributed by atoms with van der Waals surface area (Å²) in [7, 11) is 0. The first-order valence-electron chi connectivity index (χ1n) is 3.88. The standard InChI is InChI=1S/C8H7BrN2O2S/c1-3-4(9)2-5(14-3)6-7(10)11-8(12)13-6/h2,6H,1H3,(H2,10,11,12). The van der Waals surface area contributed by atoms with E-state index in [1.165, 1.54) is 11.3 Å². The molecule has 0 aromatic carbocycles. The lowest BCUT2D eigenvalue weighted by Gasteiger charge is -2.05. The van der Waals surface area contributed by atoms with Crippen LogP contribution in [0.2, 0.25) is 0 Å². The third-order valence-corrected chi connectivity index (χ3v) is 4.02. The molecular weight excluding hydrogens is 268 g/mol. The molecule has 2 rings (SSSR count). The minimum absolute atomic E-state index is 0.226. The third-order valence-electron chi connectivity index (χ3n) is 1.84. The molecule has 0 bridgehead atoms. The van der Waals surface area contributed by atoms with E-state index in [1.807, 2.05) is 13.0 Å². The van der Waals surface area contributed by atoms with Crippen LogP contribution in [0.1, 0.15) is 15.9 Å². The van der Waals surface area contributed by atoms with Gasteiger partial charge in [0.1, 0.15) is 0 Å². The van der Waals surface area contributed by atoms with E-state index < -0.39 is 12.2 Å². The third kappa shape index (κ3) is 1.55. The van der Waals surface area contributed by atoms with Crippen molar-refractivity contribution in [3.63, 3.8) is 0 Å². The summed E-state index contributed by atoms with van der Waals surface area (Å²) in [6, 6.07) is 1.89. The van der Waals surface area contributed by atoms with Gasteiger partial charge in [-0.05, 0) is 28.9 Å². The predicted octanol–water partition coefficient (Wildman–Crippen LogP) is 2.37. The first-order chi connectivity index (χ1) is 6.58. The van der Waals surface area contributed by atoms with Crippen molar-refractivity contribution < 1.29 is 9.53 Å². The van der Waals surface area contributed by atoms with Crippen molar-refractivity contribution in [2.24, 2.45) is 10.7 Å². The Morgan fingerprint density at radius 2 is 2.43 bits per heavy atom. The van der Waals surface area contributed by atoms with Crippen molar-refractivity contribution >= 4 is 39.2 Å². The predicted molar refractivity (Wildman–Crippen MR) is 57.6 cm³/mol. The number of cyclic esters (lactones) is 1. The molecule has 0 spiro atoms. The second-order valence-electron chi connectivity index (χ2n) is 2.85. The number of ether oxygens (including phenoxy) is 1. The lowest BCUT2D eigenvalue weighted by molar-refractivity contribution is 0.150. The van der Waals surface area contributed by atoms with Gasteiger partial charge in [0, 0.05) is 9.35 Å². The number of carbonyl (C=O) groups excluding carboxylic acids is 1. The molecule has 1 atom stereocenters. The Labute approximate surface area is 92.9 Å². The average Bonchev–Trinajstić information content (AvgIpc) is 2.57. The maximum absolute atomic E-state index is 10.8. The number of nitrogens with zero attached hydrogens (tertiary/aromatic N) is 1. The zero-order valence-electron chi connectivity index (χ0n) is 7.28. The lowest BCUT2D eigenvalue weighted by atomic mass is 10.3. The van der Waals surface area contributed by atoms with Gasteiger partial charge in [0.2, 0.25) is 0 Å². The Hall–Kier alpha value is -0.880. The Kier molecular flexibility index (Phi) is 2.32. The highest BCUT2D eigenvalue weighted by Gasteiger charge is 2.29. The first kappa shape index (κ1) is 9.67. The number of hydrogen-bond donors (Lipinski definition) is 1. The van der Waals surface area contributed by atoms with Gasteiger partial charge in [-0.15, -0.1) is 11.3 Å². The van der Waals surface area contributed by atoms with Crippen LogP contribution in [0.3, 0.4) is 0 Å². The van der Waals surface area contributed by atoms with Crippen LogP contribution in [0.4, 0.5) is 4.79 Å². The largest absolute Gasteiger partial charge is 0.436 e. The van der Waals surface area contributed by atoms with Crippen LogP contribution in [-0.4, -0.2) is 11.9 Å². The number of carbonyl (C=O) groups is 1. The number of aliphatic imine (C=N–C) groups is 1. The topological polar surface area (TPSA) is 64.7 Å². The molecule has 1 aliphatic rings. The van der Waals surface area contributed by atoms with Crippen molar-refractivity contribution in [1.29, 1.82) is 0 Å². The molecule has 1 amide bonds. The number of thiophene rings is 1. The Balaban J connectivity index is 2.33. The molecule has 0 saturated heterocycles. The molecule has 14 heavy (non-hydrogen) atoms. The van der Waals surface area contributed by atoms with E-state index in [2.05, 4.69) is 20.9 Å². The minimum atomic E-state index is -0.616. The number of nitrogens with two attached hydrogens (primary N) is 1. The van der Waals surface area contributed by atoms with Gasteiger partial charge in [-0.2, -0.15) is 4.99 Å². The van der Waals surface area contributed by atoms with Crippen molar-refractivity contribution in [2.75, 3.05) is 0 Å². The summed E-state index contributed by atoms with van der Waals surface area (Å²) >= 11 is 4.92. The van der Waals surface area contributed by atoms with Crippen LogP contribution in [0.5, 0.6) is 0 Å². The van der Waals surface area contributed by atoms with E-state index in [0.717, 1.165) is 14.2 Å². The molecule has 1 aromatic heterocycles. The van der Waals surface area contributed by atoms with E-state index in [0.29, 0.717) is 0 Å².